The summed E-state index contributed by atoms with van der Waals surface area (Å²) in [5.41, 5.74) is 0. The molecule has 14 heavy (non-hydrogen) atoms. The van der Waals surface area contributed by atoms with Crippen molar-refractivity contribution in [3.8, 4) is 0 Å². The molecule has 0 saturated heterocycles. The van der Waals surface area contributed by atoms with Gasteiger partial charge in [0.05, 0.1) is 0 Å². The molecule has 5 heteroatoms. The second-order valence-electron chi connectivity index (χ2n) is 3.39. The smallest absolute Gasteiger partial charge is 0.320 e. The molecular weight excluding hydrogens is 184 g/mol. The quantitative estimate of drug-likeness (QED) is 0.426. The highest BCUT2D eigenvalue weighted by molar-refractivity contribution is 5.73. The molecule has 0 aliphatic heterocycles. The Bertz CT molecular complexity index is 183. The number of carboxylic acids is 1. The molecule has 0 aromatic heterocycles. The minimum Gasteiger partial charge on any atom is -0.480 e. The van der Waals surface area contributed by atoms with Crippen LogP contribution in [0.3, 0.4) is 0 Å². The summed E-state index contributed by atoms with van der Waals surface area (Å²) in [5, 5.41) is 11.4. The van der Waals surface area contributed by atoms with Crippen LogP contribution < -0.4 is 5.32 Å². The molecule has 1 atom stereocenters. The fourth-order valence-corrected chi connectivity index (χ4v) is 1.23. The van der Waals surface area contributed by atoms with E-state index in [4.69, 9.17) is 5.11 Å². The Labute approximate surface area is 84.1 Å². The van der Waals surface area contributed by atoms with Crippen LogP contribution in [0.15, 0.2) is 0 Å². The molecule has 5 nitrogen and oxygen atoms in total. The zero-order valence-corrected chi connectivity index (χ0v) is 8.69. The molecule has 0 fully saturated rings. The first kappa shape index (κ1) is 12.9. The van der Waals surface area contributed by atoms with E-state index in [0.717, 1.165) is 12.8 Å². The van der Waals surface area contributed by atoms with Crippen LogP contribution in [0, 0.1) is 0 Å². The molecule has 82 valence electrons. The standard InChI is InChI=1S/C9H18N2O3/c1-11(2)8(9(13)14)5-3-4-6-10-7-12/h7-8H,3-6H2,1-2H3,(H,10,12)(H,13,14). The first-order chi connectivity index (χ1) is 6.59. The van der Waals surface area contributed by atoms with E-state index in [0.29, 0.717) is 19.4 Å². The van der Waals surface area contributed by atoms with Gasteiger partial charge in [-0.2, -0.15) is 0 Å². The van der Waals surface area contributed by atoms with E-state index in [-0.39, 0.29) is 0 Å². The lowest BCUT2D eigenvalue weighted by atomic mass is 10.1. The van der Waals surface area contributed by atoms with Gasteiger partial charge in [-0.05, 0) is 33.4 Å². The summed E-state index contributed by atoms with van der Waals surface area (Å²) in [4.78, 5) is 22.3. The largest absolute Gasteiger partial charge is 0.480 e. The Hall–Kier alpha value is -1.10. The van der Waals surface area contributed by atoms with Crippen molar-refractivity contribution in [2.75, 3.05) is 20.6 Å². The molecule has 0 spiro atoms. The molecule has 2 N–H and O–H groups in total. The number of hydrogen-bond acceptors (Lipinski definition) is 3. The molecule has 0 aliphatic rings. The molecule has 0 bridgehead atoms. The lowest BCUT2D eigenvalue weighted by molar-refractivity contribution is -0.142. The van der Waals surface area contributed by atoms with E-state index >= 15 is 0 Å². The first-order valence-corrected chi connectivity index (χ1v) is 4.66. The number of carbonyl (C=O) groups is 2. The molecule has 0 aromatic rings. The van der Waals surface area contributed by atoms with Crippen molar-refractivity contribution < 1.29 is 14.7 Å². The summed E-state index contributed by atoms with van der Waals surface area (Å²) in [6, 6.07) is -0.425. The number of likely N-dealkylation sites (N-methyl/N-ethyl adjacent to an activating group) is 1. The third-order valence-corrected chi connectivity index (χ3v) is 2.04. The zero-order chi connectivity index (χ0) is 11.0. The van der Waals surface area contributed by atoms with Gasteiger partial charge in [0.1, 0.15) is 6.04 Å². The minimum absolute atomic E-state index is 0.425. The van der Waals surface area contributed by atoms with E-state index in [2.05, 4.69) is 5.32 Å². The van der Waals surface area contributed by atoms with Gasteiger partial charge >= 0.3 is 5.97 Å². The van der Waals surface area contributed by atoms with Crippen molar-refractivity contribution in [3.63, 3.8) is 0 Å². The summed E-state index contributed by atoms with van der Waals surface area (Å²) in [7, 11) is 3.50. The van der Waals surface area contributed by atoms with Crippen LogP contribution in [0.2, 0.25) is 0 Å². The van der Waals surface area contributed by atoms with Gasteiger partial charge in [-0.1, -0.05) is 0 Å². The maximum Gasteiger partial charge on any atom is 0.320 e. The number of rotatable bonds is 8. The highest BCUT2D eigenvalue weighted by Gasteiger charge is 2.18. The Kier molecular flexibility index (Phi) is 6.74. The average molecular weight is 202 g/mol. The van der Waals surface area contributed by atoms with Crippen molar-refractivity contribution >= 4 is 12.4 Å². The third-order valence-electron chi connectivity index (χ3n) is 2.04. The van der Waals surface area contributed by atoms with Crippen molar-refractivity contribution in [2.24, 2.45) is 0 Å². The number of carbonyl (C=O) groups excluding carboxylic acids is 1. The van der Waals surface area contributed by atoms with Gasteiger partial charge in [-0.15, -0.1) is 0 Å². The maximum atomic E-state index is 10.7. The molecule has 0 rings (SSSR count). The Morgan fingerprint density at radius 1 is 1.50 bits per heavy atom. The van der Waals surface area contributed by atoms with Gasteiger partial charge in [0.15, 0.2) is 0 Å². The Balaban J connectivity index is 3.62. The molecule has 0 saturated carbocycles. The van der Waals surface area contributed by atoms with Crippen LogP contribution in [0.1, 0.15) is 19.3 Å². The normalized spacial score (nSPS) is 12.5. The van der Waals surface area contributed by atoms with Gasteiger partial charge in [-0.25, -0.2) is 0 Å². The van der Waals surface area contributed by atoms with Crippen LogP contribution in [0.5, 0.6) is 0 Å². The number of nitrogens with zero attached hydrogens (tertiary/aromatic N) is 1. The summed E-state index contributed by atoms with van der Waals surface area (Å²) >= 11 is 0. The van der Waals surface area contributed by atoms with E-state index in [1.54, 1.807) is 19.0 Å². The highest BCUT2D eigenvalue weighted by Crippen LogP contribution is 2.05. The fraction of sp³-hybridized carbons (Fsp3) is 0.778. The van der Waals surface area contributed by atoms with Crippen LogP contribution >= 0.6 is 0 Å². The number of hydrogen-bond donors (Lipinski definition) is 2. The van der Waals surface area contributed by atoms with Crippen LogP contribution in [0.4, 0.5) is 0 Å². The van der Waals surface area contributed by atoms with Crippen LogP contribution in [-0.4, -0.2) is 49.1 Å². The molecule has 0 aromatic carbocycles. The molecule has 0 radical (unpaired) electrons. The van der Waals surface area contributed by atoms with Crippen LogP contribution in [0.25, 0.3) is 0 Å². The zero-order valence-electron chi connectivity index (χ0n) is 8.69. The second kappa shape index (κ2) is 7.32. The predicted octanol–water partition coefficient (Wildman–Crippen LogP) is -0.0825. The number of nitrogens with one attached hydrogen (secondary N) is 1. The molecule has 1 unspecified atom stereocenters. The van der Waals surface area contributed by atoms with Gasteiger partial charge in [0.2, 0.25) is 6.41 Å². The predicted molar refractivity (Wildman–Crippen MR) is 53.0 cm³/mol. The van der Waals surface area contributed by atoms with Gasteiger partial charge < -0.3 is 10.4 Å². The van der Waals surface area contributed by atoms with E-state index < -0.39 is 12.0 Å². The lowest BCUT2D eigenvalue weighted by Gasteiger charge is -2.19. The Morgan fingerprint density at radius 3 is 2.57 bits per heavy atom. The lowest BCUT2D eigenvalue weighted by Crippen LogP contribution is -2.35. The van der Waals surface area contributed by atoms with Crippen molar-refractivity contribution in [3.05, 3.63) is 0 Å². The number of carboxylic acid groups (broad SMARTS) is 1. The molecule has 1 amide bonds. The van der Waals surface area contributed by atoms with E-state index in [9.17, 15) is 9.59 Å². The number of aliphatic carboxylic acids is 1. The first-order valence-electron chi connectivity index (χ1n) is 4.66. The molecule has 0 heterocycles. The molecule has 0 aliphatic carbocycles. The van der Waals surface area contributed by atoms with Gasteiger partial charge in [0.25, 0.3) is 0 Å². The maximum absolute atomic E-state index is 10.7. The summed E-state index contributed by atoms with van der Waals surface area (Å²) < 4.78 is 0. The third kappa shape index (κ3) is 5.53. The van der Waals surface area contributed by atoms with Gasteiger partial charge in [0, 0.05) is 6.54 Å². The summed E-state index contributed by atoms with van der Waals surface area (Å²) in [6.07, 6.45) is 2.88. The van der Waals surface area contributed by atoms with Gasteiger partial charge in [-0.3, -0.25) is 14.5 Å². The number of unbranched alkanes of at least 4 members (excludes halogenated alkanes) is 1. The summed E-state index contributed by atoms with van der Waals surface area (Å²) in [6.45, 7) is 0.614. The van der Waals surface area contributed by atoms with Crippen molar-refractivity contribution in [1.29, 1.82) is 0 Å². The van der Waals surface area contributed by atoms with E-state index in [1.165, 1.54) is 0 Å². The van der Waals surface area contributed by atoms with Crippen molar-refractivity contribution in [2.45, 2.75) is 25.3 Å². The fourth-order valence-electron chi connectivity index (χ4n) is 1.23. The topological polar surface area (TPSA) is 69.6 Å². The average Bonchev–Trinajstić information content (AvgIpc) is 2.09. The second-order valence-corrected chi connectivity index (χ2v) is 3.39. The summed E-state index contributed by atoms with van der Waals surface area (Å²) in [5.74, 6) is -0.793. The van der Waals surface area contributed by atoms with Crippen LogP contribution in [-0.2, 0) is 9.59 Å². The number of amides is 1. The monoisotopic (exact) mass is 202 g/mol. The Morgan fingerprint density at radius 2 is 2.14 bits per heavy atom. The highest BCUT2D eigenvalue weighted by atomic mass is 16.4. The minimum atomic E-state index is -0.793. The molecular formula is C9H18N2O3. The SMILES string of the molecule is CN(C)C(CCCCNC=O)C(=O)O. The van der Waals surface area contributed by atoms with E-state index in [1.807, 2.05) is 0 Å². The van der Waals surface area contributed by atoms with Crippen molar-refractivity contribution in [1.82, 2.24) is 10.2 Å².